The number of hydrogen-bond donors (Lipinski definition) is 1. The summed E-state index contributed by atoms with van der Waals surface area (Å²) >= 11 is 6.07. The molecule has 0 fully saturated rings. The first-order valence-electron chi connectivity index (χ1n) is 9.36. The van der Waals surface area contributed by atoms with E-state index in [4.69, 9.17) is 11.6 Å². The molecule has 1 heterocycles. The summed E-state index contributed by atoms with van der Waals surface area (Å²) in [6.07, 6.45) is 0. The van der Waals surface area contributed by atoms with Gasteiger partial charge in [-0.25, -0.2) is 4.68 Å². The van der Waals surface area contributed by atoms with Crippen LogP contribution in [0.3, 0.4) is 0 Å². The van der Waals surface area contributed by atoms with E-state index < -0.39 is 0 Å². The summed E-state index contributed by atoms with van der Waals surface area (Å²) in [5, 5.41) is 8.33. The van der Waals surface area contributed by atoms with Gasteiger partial charge in [0.05, 0.1) is 29.3 Å². The second kappa shape index (κ2) is 9.04. The van der Waals surface area contributed by atoms with Crippen molar-refractivity contribution in [1.29, 1.82) is 0 Å². The van der Waals surface area contributed by atoms with E-state index >= 15 is 0 Å². The number of para-hydroxylation sites is 1. The Balaban J connectivity index is 1.69. The van der Waals surface area contributed by atoms with Gasteiger partial charge in [-0.05, 0) is 50.2 Å². The standard InChI is InChI=1S/C22H25ClN4O/c1-4-26(14-18-9-8-10-19(23)13-18)15-21(28)24-22-16(2)25-27(17(22)3)20-11-6-5-7-12-20/h5-13H,4,14-15H2,1-3H3,(H,24,28). The van der Waals surface area contributed by atoms with Crippen molar-refractivity contribution in [2.24, 2.45) is 0 Å². The topological polar surface area (TPSA) is 50.2 Å². The van der Waals surface area contributed by atoms with Crippen LogP contribution in [0.25, 0.3) is 5.69 Å². The van der Waals surface area contributed by atoms with Crippen molar-refractivity contribution in [1.82, 2.24) is 14.7 Å². The van der Waals surface area contributed by atoms with Crippen molar-refractivity contribution >= 4 is 23.2 Å². The highest BCUT2D eigenvalue weighted by molar-refractivity contribution is 6.30. The number of anilines is 1. The molecule has 0 bridgehead atoms. The summed E-state index contributed by atoms with van der Waals surface area (Å²) in [4.78, 5) is 14.7. The predicted molar refractivity (Wildman–Crippen MR) is 114 cm³/mol. The summed E-state index contributed by atoms with van der Waals surface area (Å²) in [6, 6.07) is 17.6. The van der Waals surface area contributed by atoms with Crippen LogP contribution >= 0.6 is 11.6 Å². The first kappa shape index (κ1) is 20.1. The van der Waals surface area contributed by atoms with Crippen molar-refractivity contribution in [2.75, 3.05) is 18.4 Å². The molecule has 1 amide bonds. The van der Waals surface area contributed by atoms with Gasteiger partial charge in [0.25, 0.3) is 0 Å². The number of halogens is 1. The van der Waals surface area contributed by atoms with Gasteiger partial charge in [0.1, 0.15) is 0 Å². The first-order chi connectivity index (χ1) is 13.5. The molecule has 0 aliphatic rings. The summed E-state index contributed by atoms with van der Waals surface area (Å²) < 4.78 is 1.86. The Labute approximate surface area is 170 Å². The molecule has 1 N–H and O–H groups in total. The normalized spacial score (nSPS) is 11.0. The molecule has 0 radical (unpaired) electrons. The average molecular weight is 397 g/mol. The number of carbonyl (C=O) groups is 1. The van der Waals surface area contributed by atoms with E-state index in [0.29, 0.717) is 18.1 Å². The van der Waals surface area contributed by atoms with Gasteiger partial charge in [0, 0.05) is 11.6 Å². The van der Waals surface area contributed by atoms with Gasteiger partial charge in [0.2, 0.25) is 5.91 Å². The van der Waals surface area contributed by atoms with E-state index in [1.807, 2.05) is 80.1 Å². The monoisotopic (exact) mass is 396 g/mol. The van der Waals surface area contributed by atoms with Crippen molar-refractivity contribution in [3.8, 4) is 5.69 Å². The molecule has 5 nitrogen and oxygen atoms in total. The maximum Gasteiger partial charge on any atom is 0.238 e. The molecule has 3 aromatic rings. The van der Waals surface area contributed by atoms with Crippen molar-refractivity contribution in [2.45, 2.75) is 27.3 Å². The molecule has 1 aromatic heterocycles. The number of amides is 1. The molecule has 146 valence electrons. The van der Waals surface area contributed by atoms with Crippen LogP contribution in [0.5, 0.6) is 0 Å². The third-order valence-corrected chi connectivity index (χ3v) is 4.90. The summed E-state index contributed by atoms with van der Waals surface area (Å²) in [6.45, 7) is 7.66. The molecular weight excluding hydrogens is 372 g/mol. The van der Waals surface area contributed by atoms with Crippen molar-refractivity contribution in [3.05, 3.63) is 76.6 Å². The summed E-state index contributed by atoms with van der Waals surface area (Å²) in [5.74, 6) is -0.0531. The number of benzene rings is 2. The molecule has 3 rings (SSSR count). The van der Waals surface area contributed by atoms with E-state index in [1.54, 1.807) is 0 Å². The molecule has 0 aliphatic carbocycles. The van der Waals surface area contributed by atoms with Gasteiger partial charge in [-0.3, -0.25) is 9.69 Å². The Morgan fingerprint density at radius 2 is 1.89 bits per heavy atom. The zero-order chi connectivity index (χ0) is 20.1. The number of aryl methyl sites for hydroxylation is 1. The highest BCUT2D eigenvalue weighted by Gasteiger charge is 2.17. The highest BCUT2D eigenvalue weighted by atomic mass is 35.5. The molecule has 0 saturated heterocycles. The lowest BCUT2D eigenvalue weighted by Gasteiger charge is -2.20. The van der Waals surface area contributed by atoms with Crippen LogP contribution in [0, 0.1) is 13.8 Å². The van der Waals surface area contributed by atoms with E-state index in [0.717, 1.165) is 34.9 Å². The minimum atomic E-state index is -0.0531. The molecule has 0 spiro atoms. The van der Waals surface area contributed by atoms with Crippen molar-refractivity contribution < 1.29 is 4.79 Å². The van der Waals surface area contributed by atoms with Crippen LogP contribution < -0.4 is 5.32 Å². The molecule has 2 aromatic carbocycles. The molecule has 0 aliphatic heterocycles. The second-order valence-electron chi connectivity index (χ2n) is 6.77. The van der Waals surface area contributed by atoms with Gasteiger partial charge in [0.15, 0.2) is 0 Å². The third kappa shape index (κ3) is 4.80. The average Bonchev–Trinajstić information content (AvgIpc) is 2.96. The Hall–Kier alpha value is -2.63. The number of nitrogens with one attached hydrogen (secondary N) is 1. The van der Waals surface area contributed by atoms with E-state index in [9.17, 15) is 4.79 Å². The van der Waals surface area contributed by atoms with Crippen LogP contribution in [0.15, 0.2) is 54.6 Å². The van der Waals surface area contributed by atoms with E-state index in [2.05, 4.69) is 15.3 Å². The lowest BCUT2D eigenvalue weighted by molar-refractivity contribution is -0.117. The van der Waals surface area contributed by atoms with E-state index in [-0.39, 0.29) is 5.91 Å². The Kier molecular flexibility index (Phi) is 6.49. The second-order valence-corrected chi connectivity index (χ2v) is 7.21. The van der Waals surface area contributed by atoms with Gasteiger partial charge >= 0.3 is 0 Å². The lowest BCUT2D eigenvalue weighted by Crippen LogP contribution is -2.33. The number of aromatic nitrogens is 2. The smallest absolute Gasteiger partial charge is 0.238 e. The fourth-order valence-corrected chi connectivity index (χ4v) is 3.41. The van der Waals surface area contributed by atoms with Crippen LogP contribution in [-0.2, 0) is 11.3 Å². The SMILES string of the molecule is CCN(CC(=O)Nc1c(C)nn(-c2ccccc2)c1C)Cc1cccc(Cl)c1. The van der Waals surface area contributed by atoms with Gasteiger partial charge in [-0.15, -0.1) is 0 Å². The Morgan fingerprint density at radius 3 is 2.57 bits per heavy atom. The number of nitrogens with zero attached hydrogens (tertiary/aromatic N) is 3. The number of carbonyl (C=O) groups excluding carboxylic acids is 1. The Morgan fingerprint density at radius 1 is 1.14 bits per heavy atom. The molecule has 0 saturated carbocycles. The minimum absolute atomic E-state index is 0.0531. The van der Waals surface area contributed by atoms with Gasteiger partial charge in [-0.2, -0.15) is 5.10 Å². The largest absolute Gasteiger partial charge is 0.322 e. The number of hydrogen-bond acceptors (Lipinski definition) is 3. The van der Waals surface area contributed by atoms with E-state index in [1.165, 1.54) is 0 Å². The quantitative estimate of drug-likeness (QED) is 0.634. The van der Waals surface area contributed by atoms with Crippen LogP contribution in [0.4, 0.5) is 5.69 Å². The number of rotatable bonds is 7. The maximum absolute atomic E-state index is 12.7. The van der Waals surface area contributed by atoms with Crippen LogP contribution in [-0.4, -0.2) is 33.7 Å². The van der Waals surface area contributed by atoms with Crippen molar-refractivity contribution in [3.63, 3.8) is 0 Å². The zero-order valence-corrected chi connectivity index (χ0v) is 17.2. The van der Waals surface area contributed by atoms with Crippen LogP contribution in [0.2, 0.25) is 5.02 Å². The van der Waals surface area contributed by atoms with Gasteiger partial charge < -0.3 is 5.32 Å². The predicted octanol–water partition coefficient (Wildman–Crippen LogP) is 4.60. The molecule has 0 unspecified atom stereocenters. The lowest BCUT2D eigenvalue weighted by atomic mass is 10.2. The van der Waals surface area contributed by atoms with Crippen LogP contribution in [0.1, 0.15) is 23.9 Å². The zero-order valence-electron chi connectivity index (χ0n) is 16.4. The summed E-state index contributed by atoms with van der Waals surface area (Å²) in [5.41, 5.74) is 4.54. The molecule has 6 heteroatoms. The summed E-state index contributed by atoms with van der Waals surface area (Å²) in [7, 11) is 0. The maximum atomic E-state index is 12.7. The number of likely N-dealkylation sites (N-methyl/N-ethyl adjacent to an activating group) is 1. The Bertz CT molecular complexity index is 952. The first-order valence-corrected chi connectivity index (χ1v) is 9.74. The fourth-order valence-electron chi connectivity index (χ4n) is 3.20. The molecule has 28 heavy (non-hydrogen) atoms. The fraction of sp³-hybridized carbons (Fsp3) is 0.273. The highest BCUT2D eigenvalue weighted by Crippen LogP contribution is 2.22. The minimum Gasteiger partial charge on any atom is -0.322 e. The van der Waals surface area contributed by atoms with Gasteiger partial charge in [-0.1, -0.05) is 48.9 Å². The third-order valence-electron chi connectivity index (χ3n) is 4.67. The molecule has 0 atom stereocenters. The molecular formula is C22H25ClN4O.